The highest BCUT2D eigenvalue weighted by molar-refractivity contribution is 6.33. The molecule has 42 heavy (non-hydrogen) atoms. The number of fused-ring (bicyclic) bond motifs is 1. The Bertz CT molecular complexity index is 1710. The van der Waals surface area contributed by atoms with Gasteiger partial charge in [0.1, 0.15) is 23.1 Å². The van der Waals surface area contributed by atoms with E-state index in [-0.39, 0.29) is 36.9 Å². The van der Waals surface area contributed by atoms with Gasteiger partial charge in [0.25, 0.3) is 0 Å². The van der Waals surface area contributed by atoms with E-state index in [2.05, 4.69) is 25.4 Å². The van der Waals surface area contributed by atoms with Crippen molar-refractivity contribution in [2.75, 3.05) is 25.1 Å². The van der Waals surface area contributed by atoms with Crippen LogP contribution in [0.5, 0.6) is 11.5 Å². The standard InChI is InChI=1S/C30H27ClF2N6O3/c31-22-14-34-9-8-25(22)36-29-27(41-11-3-10-40)15-35-30(37-29)28-20-4-1-2-5-26(20)39(38-28)16-21-23(32)12-19(13-24(21)33)42-17-18-6-7-18/h1-2,4-5,8-9,12-15,18,40H,3,6-7,10-11,16-17H2,(H,34,35,36,37). The van der Waals surface area contributed by atoms with Gasteiger partial charge in [0, 0.05) is 48.5 Å². The van der Waals surface area contributed by atoms with Crippen LogP contribution in [0.2, 0.25) is 5.02 Å². The van der Waals surface area contributed by atoms with Gasteiger partial charge in [-0.25, -0.2) is 18.7 Å². The molecule has 3 aromatic heterocycles. The zero-order valence-corrected chi connectivity index (χ0v) is 23.2. The van der Waals surface area contributed by atoms with E-state index >= 15 is 8.78 Å². The molecule has 6 rings (SSSR count). The number of hydrogen-bond donors (Lipinski definition) is 2. The number of aliphatic hydroxyl groups is 1. The molecule has 0 aliphatic heterocycles. The molecule has 1 aliphatic carbocycles. The van der Waals surface area contributed by atoms with E-state index in [0.717, 1.165) is 12.8 Å². The zero-order valence-electron chi connectivity index (χ0n) is 22.4. The average Bonchev–Trinajstić information content (AvgIpc) is 3.76. The molecule has 216 valence electrons. The van der Waals surface area contributed by atoms with Crippen molar-refractivity contribution in [1.29, 1.82) is 0 Å². The van der Waals surface area contributed by atoms with E-state index in [0.29, 0.717) is 57.8 Å². The SMILES string of the molecule is OCCCOc1cnc(-c2nn(Cc3c(F)cc(OCC4CC4)cc3F)c3ccccc23)nc1Nc1ccncc1Cl. The lowest BCUT2D eigenvalue weighted by Crippen LogP contribution is -2.08. The molecule has 2 aromatic carbocycles. The summed E-state index contributed by atoms with van der Waals surface area (Å²) in [4.78, 5) is 13.2. The van der Waals surface area contributed by atoms with Crippen molar-refractivity contribution in [3.8, 4) is 23.0 Å². The topological polar surface area (TPSA) is 107 Å². The highest BCUT2D eigenvalue weighted by Crippen LogP contribution is 2.34. The molecular formula is C30H27ClF2N6O3. The zero-order chi connectivity index (χ0) is 29.1. The summed E-state index contributed by atoms with van der Waals surface area (Å²) in [6, 6.07) is 11.4. The van der Waals surface area contributed by atoms with Crippen molar-refractivity contribution in [3.63, 3.8) is 0 Å². The first-order valence-electron chi connectivity index (χ1n) is 13.5. The average molecular weight is 593 g/mol. The van der Waals surface area contributed by atoms with Gasteiger partial charge >= 0.3 is 0 Å². The highest BCUT2D eigenvalue weighted by atomic mass is 35.5. The number of rotatable bonds is 12. The molecule has 9 nitrogen and oxygen atoms in total. The summed E-state index contributed by atoms with van der Waals surface area (Å²) in [5.74, 6) is 0.157. The largest absolute Gasteiger partial charge is 0.493 e. The Labute approximate surface area is 245 Å². The van der Waals surface area contributed by atoms with Gasteiger partial charge in [-0.1, -0.05) is 29.8 Å². The quantitative estimate of drug-likeness (QED) is 0.166. The third kappa shape index (κ3) is 6.12. The summed E-state index contributed by atoms with van der Waals surface area (Å²) >= 11 is 6.31. The van der Waals surface area contributed by atoms with E-state index in [9.17, 15) is 0 Å². The summed E-state index contributed by atoms with van der Waals surface area (Å²) in [5.41, 5.74) is 1.49. The third-order valence-electron chi connectivity index (χ3n) is 6.82. The maximum Gasteiger partial charge on any atom is 0.183 e. The van der Waals surface area contributed by atoms with Gasteiger partial charge in [-0.05, 0) is 30.9 Å². The van der Waals surface area contributed by atoms with Crippen molar-refractivity contribution in [3.05, 3.63) is 83.3 Å². The van der Waals surface area contributed by atoms with Crippen molar-refractivity contribution in [2.24, 2.45) is 5.92 Å². The highest BCUT2D eigenvalue weighted by Gasteiger charge is 2.23. The minimum absolute atomic E-state index is 0.0291. The van der Waals surface area contributed by atoms with Crippen LogP contribution in [0.1, 0.15) is 24.8 Å². The predicted molar refractivity (Wildman–Crippen MR) is 154 cm³/mol. The van der Waals surface area contributed by atoms with Gasteiger partial charge in [0.15, 0.2) is 17.4 Å². The first-order chi connectivity index (χ1) is 20.5. The fraction of sp³-hybridized carbons (Fsp3) is 0.267. The monoisotopic (exact) mass is 592 g/mol. The van der Waals surface area contributed by atoms with Crippen molar-refractivity contribution >= 4 is 34.0 Å². The summed E-state index contributed by atoms with van der Waals surface area (Å²) in [5, 5.41) is 18.1. The number of nitrogens with zero attached hydrogens (tertiary/aromatic N) is 5. The number of para-hydroxylation sites is 1. The Morgan fingerprint density at radius 3 is 2.64 bits per heavy atom. The molecule has 3 heterocycles. The van der Waals surface area contributed by atoms with Crippen LogP contribution in [-0.2, 0) is 6.54 Å². The molecule has 1 saturated carbocycles. The summed E-state index contributed by atoms with van der Waals surface area (Å²) < 4.78 is 43.1. The maximum atomic E-state index is 15.1. The van der Waals surface area contributed by atoms with Gasteiger partial charge in [-0.15, -0.1) is 0 Å². The van der Waals surface area contributed by atoms with E-state index in [1.807, 2.05) is 24.3 Å². The molecule has 0 unspecified atom stereocenters. The van der Waals surface area contributed by atoms with Crippen molar-refractivity contribution in [1.82, 2.24) is 24.7 Å². The number of benzene rings is 2. The van der Waals surface area contributed by atoms with Gasteiger partial charge in [-0.3, -0.25) is 9.67 Å². The molecule has 0 bridgehead atoms. The van der Waals surface area contributed by atoms with Crippen molar-refractivity contribution in [2.45, 2.75) is 25.8 Å². The van der Waals surface area contributed by atoms with Crippen LogP contribution in [0, 0.1) is 17.6 Å². The number of hydrogen-bond acceptors (Lipinski definition) is 8. The van der Waals surface area contributed by atoms with E-state index in [4.69, 9.17) is 26.2 Å². The van der Waals surface area contributed by atoms with Gasteiger partial charge in [-0.2, -0.15) is 5.10 Å². The van der Waals surface area contributed by atoms with Crippen LogP contribution in [0.25, 0.3) is 22.4 Å². The summed E-state index contributed by atoms with van der Waals surface area (Å²) in [7, 11) is 0. The van der Waals surface area contributed by atoms with E-state index < -0.39 is 11.6 Å². The van der Waals surface area contributed by atoms with E-state index in [1.165, 1.54) is 29.2 Å². The Morgan fingerprint density at radius 1 is 1.07 bits per heavy atom. The molecule has 0 radical (unpaired) electrons. The lowest BCUT2D eigenvalue weighted by Gasteiger charge is -2.13. The molecule has 0 saturated heterocycles. The molecular weight excluding hydrogens is 566 g/mol. The van der Waals surface area contributed by atoms with E-state index in [1.54, 1.807) is 12.3 Å². The molecule has 0 atom stereocenters. The number of ether oxygens (including phenoxy) is 2. The molecule has 1 fully saturated rings. The molecule has 0 spiro atoms. The van der Waals surface area contributed by atoms with Crippen LogP contribution in [-0.4, -0.2) is 49.7 Å². The molecule has 5 aromatic rings. The van der Waals surface area contributed by atoms with Crippen LogP contribution >= 0.6 is 11.6 Å². The molecule has 2 N–H and O–H groups in total. The number of pyridine rings is 1. The number of anilines is 2. The second-order valence-electron chi connectivity index (χ2n) is 9.96. The van der Waals surface area contributed by atoms with Crippen LogP contribution < -0.4 is 14.8 Å². The summed E-state index contributed by atoms with van der Waals surface area (Å²) in [6.07, 6.45) is 7.17. The van der Waals surface area contributed by atoms with Crippen LogP contribution in [0.15, 0.2) is 61.1 Å². The van der Waals surface area contributed by atoms with Gasteiger partial charge in [0.05, 0.1) is 42.2 Å². The second kappa shape index (κ2) is 12.3. The molecule has 0 amide bonds. The second-order valence-corrected chi connectivity index (χ2v) is 10.4. The smallest absolute Gasteiger partial charge is 0.183 e. The molecule has 12 heteroatoms. The number of halogens is 3. The lowest BCUT2D eigenvalue weighted by molar-refractivity contribution is 0.233. The van der Waals surface area contributed by atoms with Gasteiger partial charge in [0.2, 0.25) is 0 Å². The number of nitrogens with one attached hydrogen (secondary N) is 1. The lowest BCUT2D eigenvalue weighted by atomic mass is 10.1. The first-order valence-corrected chi connectivity index (χ1v) is 13.9. The Hall–Kier alpha value is -4.35. The summed E-state index contributed by atoms with van der Waals surface area (Å²) in [6.45, 7) is 0.526. The minimum atomic E-state index is -0.705. The third-order valence-corrected chi connectivity index (χ3v) is 7.12. The Morgan fingerprint density at radius 2 is 1.88 bits per heavy atom. The van der Waals surface area contributed by atoms with Crippen LogP contribution in [0.4, 0.5) is 20.3 Å². The van der Waals surface area contributed by atoms with Gasteiger partial charge < -0.3 is 19.9 Å². The first kappa shape index (κ1) is 27.8. The number of aromatic nitrogens is 5. The molecule has 1 aliphatic rings. The van der Waals surface area contributed by atoms with Crippen molar-refractivity contribution < 1.29 is 23.4 Å². The maximum absolute atomic E-state index is 15.1. The predicted octanol–water partition coefficient (Wildman–Crippen LogP) is 6.16. The Balaban J connectivity index is 1.35. The normalized spacial score (nSPS) is 13.0. The Kier molecular flexibility index (Phi) is 8.11. The fourth-order valence-corrected chi connectivity index (χ4v) is 4.57. The fourth-order valence-electron chi connectivity index (χ4n) is 4.41. The van der Waals surface area contributed by atoms with Crippen LogP contribution in [0.3, 0.4) is 0 Å². The number of aliphatic hydroxyl groups excluding tert-OH is 1. The minimum Gasteiger partial charge on any atom is -0.493 e.